The molecule has 1 rings (SSSR count). The monoisotopic (exact) mass is 271 g/mol. The van der Waals surface area contributed by atoms with Gasteiger partial charge in [0.1, 0.15) is 19.2 Å². The van der Waals surface area contributed by atoms with Crippen LogP contribution in [0.5, 0.6) is 0 Å². The van der Waals surface area contributed by atoms with E-state index >= 15 is 0 Å². The van der Waals surface area contributed by atoms with Crippen LogP contribution in [0.3, 0.4) is 0 Å². The molecule has 0 fully saturated rings. The van der Waals surface area contributed by atoms with E-state index < -0.39 is 8.07 Å². The molecule has 0 aliphatic carbocycles. The van der Waals surface area contributed by atoms with Gasteiger partial charge in [-0.2, -0.15) is 0 Å². The number of rotatable bonds is 4. The highest BCUT2D eigenvalue weighted by atomic mass is 28.3. The lowest BCUT2D eigenvalue weighted by molar-refractivity contribution is 0.109. The molecule has 1 aliphatic rings. The lowest BCUT2D eigenvalue weighted by atomic mass is 10.2. The van der Waals surface area contributed by atoms with Crippen molar-refractivity contribution < 1.29 is 14.3 Å². The molecule has 0 saturated heterocycles. The quantitative estimate of drug-likeness (QED) is 0.736. The summed E-state index contributed by atoms with van der Waals surface area (Å²) in [5.41, 5.74) is 0. The average Bonchev–Trinajstić information content (AvgIpc) is 2.30. The van der Waals surface area contributed by atoms with Crippen molar-refractivity contribution in [2.75, 3.05) is 19.7 Å². The topological polar surface area (TPSA) is 38.8 Å². The highest BCUT2D eigenvalue weighted by molar-refractivity contribution is 6.82. The van der Waals surface area contributed by atoms with Crippen LogP contribution in [0.4, 0.5) is 4.79 Å². The summed E-state index contributed by atoms with van der Waals surface area (Å²) in [5, 5.41) is 0.953. The SMILES string of the molecule is CCN(CC)C(=O)OC1=C([Si](C)(C)C)OCCC1. The maximum atomic E-state index is 12.0. The summed E-state index contributed by atoms with van der Waals surface area (Å²) in [4.78, 5) is 13.7. The van der Waals surface area contributed by atoms with Crippen molar-refractivity contribution in [2.24, 2.45) is 0 Å². The van der Waals surface area contributed by atoms with Crippen molar-refractivity contribution in [3.05, 3.63) is 11.1 Å². The predicted molar refractivity (Wildman–Crippen MR) is 75.0 cm³/mol. The van der Waals surface area contributed by atoms with Gasteiger partial charge in [-0.15, -0.1) is 0 Å². The Kier molecular flexibility index (Phi) is 5.25. The third-order valence-electron chi connectivity index (χ3n) is 2.96. The van der Waals surface area contributed by atoms with Crippen molar-refractivity contribution in [1.82, 2.24) is 4.90 Å². The number of hydrogen-bond donors (Lipinski definition) is 0. The van der Waals surface area contributed by atoms with E-state index in [1.807, 2.05) is 13.8 Å². The third-order valence-corrected chi connectivity index (χ3v) is 4.75. The van der Waals surface area contributed by atoms with Crippen LogP contribution in [0.1, 0.15) is 26.7 Å². The standard InChI is InChI=1S/C13H25NO3Si/c1-6-14(7-2)13(15)17-11-9-8-10-16-12(11)18(3,4)5/h6-10H2,1-5H3. The first-order valence-electron chi connectivity index (χ1n) is 6.73. The Morgan fingerprint density at radius 1 is 1.33 bits per heavy atom. The Morgan fingerprint density at radius 3 is 2.44 bits per heavy atom. The van der Waals surface area contributed by atoms with E-state index in [9.17, 15) is 4.79 Å². The molecular formula is C13H25NO3Si. The smallest absolute Gasteiger partial charge is 0.414 e. The third kappa shape index (κ3) is 3.76. The highest BCUT2D eigenvalue weighted by Crippen LogP contribution is 2.28. The molecule has 5 heteroatoms. The zero-order valence-corrected chi connectivity index (χ0v) is 13.2. The summed E-state index contributed by atoms with van der Waals surface area (Å²) in [5.74, 6) is 0.761. The van der Waals surface area contributed by atoms with Gasteiger partial charge in [-0.3, -0.25) is 0 Å². The van der Waals surface area contributed by atoms with Gasteiger partial charge >= 0.3 is 6.09 Å². The molecule has 0 aromatic rings. The van der Waals surface area contributed by atoms with E-state index in [4.69, 9.17) is 9.47 Å². The molecule has 0 bridgehead atoms. The molecule has 104 valence electrons. The van der Waals surface area contributed by atoms with Gasteiger partial charge in [0.15, 0.2) is 0 Å². The van der Waals surface area contributed by atoms with Crippen molar-refractivity contribution >= 4 is 14.2 Å². The lowest BCUT2D eigenvalue weighted by Gasteiger charge is -2.29. The molecule has 0 radical (unpaired) electrons. The second-order valence-corrected chi connectivity index (χ2v) is 10.4. The minimum Gasteiger partial charge on any atom is -0.500 e. The summed E-state index contributed by atoms with van der Waals surface area (Å²) in [7, 11) is -1.58. The Morgan fingerprint density at radius 2 is 1.94 bits per heavy atom. The van der Waals surface area contributed by atoms with E-state index in [2.05, 4.69) is 19.6 Å². The van der Waals surface area contributed by atoms with Gasteiger partial charge in [-0.05, 0) is 20.3 Å². The second kappa shape index (κ2) is 6.27. The molecule has 18 heavy (non-hydrogen) atoms. The first kappa shape index (κ1) is 15.1. The molecule has 4 nitrogen and oxygen atoms in total. The summed E-state index contributed by atoms with van der Waals surface area (Å²) in [6.07, 6.45) is 1.48. The van der Waals surface area contributed by atoms with Gasteiger partial charge in [-0.1, -0.05) is 19.6 Å². The zero-order valence-electron chi connectivity index (χ0n) is 12.2. The maximum Gasteiger partial charge on any atom is 0.414 e. The van der Waals surface area contributed by atoms with Crippen LogP contribution < -0.4 is 0 Å². The van der Waals surface area contributed by atoms with Crippen molar-refractivity contribution in [3.63, 3.8) is 0 Å². The number of amides is 1. The molecule has 1 heterocycles. The van der Waals surface area contributed by atoms with Crippen molar-refractivity contribution in [3.8, 4) is 0 Å². The number of ether oxygens (including phenoxy) is 2. The van der Waals surface area contributed by atoms with Crippen LogP contribution in [-0.2, 0) is 9.47 Å². The lowest BCUT2D eigenvalue weighted by Crippen LogP contribution is -2.34. The minimum absolute atomic E-state index is 0.253. The predicted octanol–water partition coefficient (Wildman–Crippen LogP) is 3.36. The maximum absolute atomic E-state index is 12.0. The fourth-order valence-electron chi connectivity index (χ4n) is 1.98. The van der Waals surface area contributed by atoms with Crippen LogP contribution >= 0.6 is 0 Å². The summed E-state index contributed by atoms with van der Waals surface area (Å²) < 4.78 is 11.3. The van der Waals surface area contributed by atoms with Gasteiger partial charge in [0.2, 0.25) is 0 Å². The van der Waals surface area contributed by atoms with E-state index in [0.717, 1.165) is 30.6 Å². The van der Waals surface area contributed by atoms with Crippen molar-refractivity contribution in [1.29, 1.82) is 0 Å². The molecule has 0 aromatic carbocycles. The van der Waals surface area contributed by atoms with Crippen LogP contribution in [0.15, 0.2) is 11.1 Å². The number of carbonyl (C=O) groups excluding carboxylic acids is 1. The molecule has 0 N–H and O–H groups in total. The average molecular weight is 271 g/mol. The fraction of sp³-hybridized carbons (Fsp3) is 0.769. The van der Waals surface area contributed by atoms with E-state index in [-0.39, 0.29) is 6.09 Å². The van der Waals surface area contributed by atoms with Crippen molar-refractivity contribution in [2.45, 2.75) is 46.3 Å². The zero-order chi connectivity index (χ0) is 13.8. The first-order valence-corrected chi connectivity index (χ1v) is 10.2. The Hall–Kier alpha value is -0.973. The summed E-state index contributed by atoms with van der Waals surface area (Å²) in [6, 6.07) is 0. The van der Waals surface area contributed by atoms with Gasteiger partial charge < -0.3 is 14.4 Å². The second-order valence-electron chi connectivity index (χ2n) is 5.49. The van der Waals surface area contributed by atoms with E-state index in [1.54, 1.807) is 4.90 Å². The fourth-order valence-corrected chi connectivity index (χ4v) is 3.53. The molecule has 0 saturated carbocycles. The molecule has 1 aliphatic heterocycles. The van der Waals surface area contributed by atoms with Gasteiger partial charge in [-0.25, -0.2) is 4.79 Å². The minimum atomic E-state index is -1.58. The summed E-state index contributed by atoms with van der Waals surface area (Å²) in [6.45, 7) is 12.6. The first-order chi connectivity index (χ1) is 8.40. The van der Waals surface area contributed by atoms with Gasteiger partial charge in [0, 0.05) is 19.5 Å². The largest absolute Gasteiger partial charge is 0.500 e. The molecule has 1 amide bonds. The van der Waals surface area contributed by atoms with Crippen LogP contribution in [-0.4, -0.2) is 38.8 Å². The van der Waals surface area contributed by atoms with Gasteiger partial charge in [0.05, 0.1) is 6.61 Å². The van der Waals surface area contributed by atoms with Crippen LogP contribution in [0.2, 0.25) is 19.6 Å². The molecule has 0 unspecified atom stereocenters. The Balaban J connectivity index is 2.85. The van der Waals surface area contributed by atoms with E-state index in [1.165, 1.54) is 0 Å². The van der Waals surface area contributed by atoms with Crippen LogP contribution in [0, 0.1) is 0 Å². The normalized spacial score (nSPS) is 16.3. The van der Waals surface area contributed by atoms with Gasteiger partial charge in [0.25, 0.3) is 0 Å². The number of hydrogen-bond acceptors (Lipinski definition) is 3. The molecule has 0 aromatic heterocycles. The number of allylic oxidation sites excluding steroid dienone is 1. The number of carbonyl (C=O) groups is 1. The Bertz CT molecular complexity index is 330. The summed E-state index contributed by atoms with van der Waals surface area (Å²) >= 11 is 0. The number of nitrogens with zero attached hydrogens (tertiary/aromatic N) is 1. The molecule has 0 spiro atoms. The van der Waals surface area contributed by atoms with Crippen LogP contribution in [0.25, 0.3) is 0 Å². The highest BCUT2D eigenvalue weighted by Gasteiger charge is 2.30. The van der Waals surface area contributed by atoms with E-state index in [0.29, 0.717) is 13.1 Å². The molecular weight excluding hydrogens is 246 g/mol. The Labute approximate surface area is 111 Å². The molecule has 0 atom stereocenters.